The van der Waals surface area contributed by atoms with Crippen molar-refractivity contribution in [3.63, 3.8) is 0 Å². The maximum Gasteiger partial charge on any atom is 0.421 e. The van der Waals surface area contributed by atoms with Crippen LogP contribution in [0.25, 0.3) is 0 Å². The maximum atomic E-state index is 13.7. The van der Waals surface area contributed by atoms with Crippen LogP contribution < -0.4 is 15.4 Å². The minimum absolute atomic E-state index is 0.0731. The van der Waals surface area contributed by atoms with Gasteiger partial charge in [-0.3, -0.25) is 0 Å². The first kappa shape index (κ1) is 26.8. The van der Waals surface area contributed by atoms with Crippen LogP contribution in [0, 0.1) is 0 Å². The molecule has 0 aliphatic heterocycles. The fourth-order valence-corrected chi connectivity index (χ4v) is 4.51. The zero-order valence-corrected chi connectivity index (χ0v) is 21.3. The molecule has 2 N–H and O–H groups in total. The Labute approximate surface area is 216 Å². The van der Waals surface area contributed by atoms with Crippen LogP contribution in [0.2, 0.25) is 0 Å². The van der Waals surface area contributed by atoms with E-state index in [-0.39, 0.29) is 17.9 Å². The number of anilines is 4. The molecule has 1 heterocycles. The number of nitrogens with zero attached hydrogens (tertiary/aromatic N) is 2. The number of aromatic nitrogens is 2. The molecule has 0 saturated heterocycles. The fourth-order valence-electron chi connectivity index (χ4n) is 4.51. The van der Waals surface area contributed by atoms with Gasteiger partial charge in [0.15, 0.2) is 0 Å². The van der Waals surface area contributed by atoms with E-state index in [0.717, 1.165) is 37.6 Å². The summed E-state index contributed by atoms with van der Waals surface area (Å²) in [6.45, 7) is 2.17. The zero-order valence-electron chi connectivity index (χ0n) is 21.3. The molecule has 0 unspecified atom stereocenters. The monoisotopic (exact) mass is 512 g/mol. The number of unbranched alkanes of at least 4 members (excludes halogenated alkanes) is 3. The second-order valence-corrected chi connectivity index (χ2v) is 9.61. The van der Waals surface area contributed by atoms with Crippen molar-refractivity contribution < 1.29 is 17.9 Å². The van der Waals surface area contributed by atoms with Crippen LogP contribution in [-0.2, 0) is 12.6 Å². The molecule has 1 aromatic heterocycles. The average Bonchev–Trinajstić information content (AvgIpc) is 2.89. The largest absolute Gasteiger partial charge is 0.490 e. The molecule has 2 aromatic carbocycles. The van der Waals surface area contributed by atoms with Crippen LogP contribution in [0.1, 0.15) is 75.8 Å². The van der Waals surface area contributed by atoms with Gasteiger partial charge in [0.05, 0.1) is 6.10 Å². The Bertz CT molecular complexity index is 1110. The van der Waals surface area contributed by atoms with E-state index in [1.807, 2.05) is 36.4 Å². The highest BCUT2D eigenvalue weighted by Crippen LogP contribution is 2.35. The van der Waals surface area contributed by atoms with Crippen molar-refractivity contribution in [1.82, 2.24) is 9.97 Å². The van der Waals surface area contributed by atoms with Crippen LogP contribution >= 0.6 is 0 Å². The van der Waals surface area contributed by atoms with E-state index in [4.69, 9.17) is 4.74 Å². The van der Waals surface area contributed by atoms with E-state index < -0.39 is 11.7 Å². The molecule has 1 fully saturated rings. The Morgan fingerprint density at radius 3 is 2.22 bits per heavy atom. The molecule has 0 atom stereocenters. The Balaban J connectivity index is 1.43. The van der Waals surface area contributed by atoms with Crippen LogP contribution in [0.15, 0.2) is 54.7 Å². The predicted octanol–water partition coefficient (Wildman–Crippen LogP) is 8.82. The average molecular weight is 513 g/mol. The predicted molar refractivity (Wildman–Crippen MR) is 142 cm³/mol. The number of aryl methyl sites for hydroxylation is 1. The standard InChI is InChI=1S/C29H35F3N4O/c1-2-3-4-6-9-21-12-14-22(15-13-21)34-27-26(29(30,31)32)20-33-28(36-27)35-23-16-18-25(19-17-23)37-24-10-7-5-8-11-24/h12-20,24H,2-11H2,1H3,(H2,33,34,35,36). The third-order valence-electron chi connectivity index (χ3n) is 6.60. The summed E-state index contributed by atoms with van der Waals surface area (Å²) in [7, 11) is 0. The van der Waals surface area contributed by atoms with E-state index in [1.165, 1.54) is 44.1 Å². The molecule has 3 aromatic rings. The fraction of sp³-hybridized carbons (Fsp3) is 0.448. The first-order valence-electron chi connectivity index (χ1n) is 13.2. The SMILES string of the molecule is CCCCCCc1ccc(Nc2nc(Nc3ccc(OC4CCCCC4)cc3)ncc2C(F)(F)F)cc1. The van der Waals surface area contributed by atoms with E-state index in [9.17, 15) is 13.2 Å². The molecule has 0 amide bonds. The van der Waals surface area contributed by atoms with Crippen LogP contribution in [0.5, 0.6) is 5.75 Å². The highest BCUT2D eigenvalue weighted by atomic mass is 19.4. The number of rotatable bonds is 11. The summed E-state index contributed by atoms with van der Waals surface area (Å²) in [6.07, 6.45) is 7.87. The number of halogens is 3. The molecule has 37 heavy (non-hydrogen) atoms. The number of hydrogen-bond donors (Lipinski definition) is 2. The lowest BCUT2D eigenvalue weighted by Gasteiger charge is -2.23. The summed E-state index contributed by atoms with van der Waals surface area (Å²) in [4.78, 5) is 8.06. The van der Waals surface area contributed by atoms with Gasteiger partial charge in [0, 0.05) is 17.6 Å². The van der Waals surface area contributed by atoms with Gasteiger partial charge in [-0.15, -0.1) is 0 Å². The van der Waals surface area contributed by atoms with Crippen molar-refractivity contribution in [2.45, 2.75) is 83.4 Å². The molecule has 198 valence electrons. The Morgan fingerprint density at radius 1 is 0.865 bits per heavy atom. The summed E-state index contributed by atoms with van der Waals surface area (Å²) in [6, 6.07) is 14.8. The molecule has 1 aliphatic rings. The number of benzene rings is 2. The van der Waals surface area contributed by atoms with Crippen molar-refractivity contribution in [2.24, 2.45) is 0 Å². The molecular weight excluding hydrogens is 477 g/mol. The Kier molecular flexibility index (Phi) is 9.25. The second-order valence-electron chi connectivity index (χ2n) is 9.61. The minimum Gasteiger partial charge on any atom is -0.490 e. The number of ether oxygens (including phenoxy) is 1. The van der Waals surface area contributed by atoms with Crippen molar-refractivity contribution in [1.29, 1.82) is 0 Å². The van der Waals surface area contributed by atoms with Crippen LogP contribution in [0.4, 0.5) is 36.3 Å². The van der Waals surface area contributed by atoms with Gasteiger partial charge < -0.3 is 15.4 Å². The lowest BCUT2D eigenvalue weighted by Crippen LogP contribution is -2.19. The Hall–Kier alpha value is -3.29. The summed E-state index contributed by atoms with van der Waals surface area (Å²) < 4.78 is 47.0. The summed E-state index contributed by atoms with van der Waals surface area (Å²) in [5, 5.41) is 5.83. The van der Waals surface area contributed by atoms with E-state index >= 15 is 0 Å². The van der Waals surface area contributed by atoms with E-state index in [1.54, 1.807) is 12.1 Å². The van der Waals surface area contributed by atoms with E-state index in [2.05, 4.69) is 27.5 Å². The third-order valence-corrected chi connectivity index (χ3v) is 6.60. The molecular formula is C29H35F3N4O. The lowest BCUT2D eigenvalue weighted by molar-refractivity contribution is -0.137. The molecule has 4 rings (SSSR count). The van der Waals surface area contributed by atoms with Gasteiger partial charge in [0.2, 0.25) is 5.95 Å². The van der Waals surface area contributed by atoms with Gasteiger partial charge in [0.25, 0.3) is 0 Å². The quantitative estimate of drug-likeness (QED) is 0.251. The summed E-state index contributed by atoms with van der Waals surface area (Å²) >= 11 is 0. The number of alkyl halides is 3. The third kappa shape index (κ3) is 8.10. The highest BCUT2D eigenvalue weighted by molar-refractivity contribution is 5.63. The zero-order chi connectivity index (χ0) is 26.1. The van der Waals surface area contributed by atoms with Gasteiger partial charge in [-0.2, -0.15) is 18.2 Å². The molecule has 0 spiro atoms. The topological polar surface area (TPSA) is 59.1 Å². The molecule has 0 bridgehead atoms. The van der Waals surface area contributed by atoms with Crippen LogP contribution in [-0.4, -0.2) is 16.1 Å². The number of nitrogens with one attached hydrogen (secondary N) is 2. The molecule has 1 aliphatic carbocycles. The second kappa shape index (κ2) is 12.8. The number of hydrogen-bond acceptors (Lipinski definition) is 5. The van der Waals surface area contributed by atoms with Gasteiger partial charge in [-0.25, -0.2) is 4.98 Å². The highest BCUT2D eigenvalue weighted by Gasteiger charge is 2.35. The lowest BCUT2D eigenvalue weighted by atomic mass is 9.98. The Morgan fingerprint density at radius 2 is 1.54 bits per heavy atom. The molecule has 5 nitrogen and oxygen atoms in total. The summed E-state index contributed by atoms with van der Waals surface area (Å²) in [5.41, 5.74) is 1.45. The molecule has 8 heteroatoms. The first-order valence-corrected chi connectivity index (χ1v) is 13.2. The smallest absolute Gasteiger partial charge is 0.421 e. The van der Waals surface area contributed by atoms with Crippen molar-refractivity contribution in [2.75, 3.05) is 10.6 Å². The maximum absolute atomic E-state index is 13.7. The van der Waals surface area contributed by atoms with Crippen molar-refractivity contribution in [3.8, 4) is 5.75 Å². The van der Waals surface area contributed by atoms with E-state index in [0.29, 0.717) is 11.4 Å². The van der Waals surface area contributed by atoms with Crippen LogP contribution in [0.3, 0.4) is 0 Å². The van der Waals surface area contributed by atoms with Gasteiger partial charge in [-0.05, 0) is 80.5 Å². The molecule has 1 saturated carbocycles. The van der Waals surface area contributed by atoms with Gasteiger partial charge >= 0.3 is 6.18 Å². The van der Waals surface area contributed by atoms with Crippen molar-refractivity contribution >= 4 is 23.1 Å². The normalized spacial score (nSPS) is 14.4. The summed E-state index contributed by atoms with van der Waals surface area (Å²) in [5.74, 6) is 0.559. The molecule has 0 radical (unpaired) electrons. The van der Waals surface area contributed by atoms with Gasteiger partial charge in [0.1, 0.15) is 17.1 Å². The minimum atomic E-state index is -4.59. The first-order chi connectivity index (χ1) is 17.9. The van der Waals surface area contributed by atoms with Crippen molar-refractivity contribution in [3.05, 3.63) is 65.9 Å². The van der Waals surface area contributed by atoms with Gasteiger partial charge in [-0.1, -0.05) is 44.7 Å².